The van der Waals surface area contributed by atoms with Gasteiger partial charge in [-0.3, -0.25) is 4.79 Å². The molecule has 3 rings (SSSR count). The quantitative estimate of drug-likeness (QED) is 0.573. The van der Waals surface area contributed by atoms with Crippen molar-refractivity contribution in [3.8, 4) is 0 Å². The van der Waals surface area contributed by atoms with Gasteiger partial charge in [0.25, 0.3) is 0 Å². The van der Waals surface area contributed by atoms with Gasteiger partial charge in [0.15, 0.2) is 0 Å². The first-order chi connectivity index (χ1) is 11.3. The van der Waals surface area contributed by atoms with Gasteiger partial charge in [-0.1, -0.05) is 32.6 Å². The second-order valence-corrected chi connectivity index (χ2v) is 7.61. The third kappa shape index (κ3) is 2.43. The van der Waals surface area contributed by atoms with Gasteiger partial charge in [-0.2, -0.15) is 0 Å². The molecule has 2 aliphatic carbocycles. The Labute approximate surface area is 143 Å². The Hall–Kier alpha value is -1.84. The molecule has 130 valence electrons. The summed E-state index contributed by atoms with van der Waals surface area (Å²) in [5.41, 5.74) is 1.27. The van der Waals surface area contributed by atoms with Gasteiger partial charge in [-0.05, 0) is 38.3 Å². The Morgan fingerprint density at radius 1 is 1.50 bits per heavy atom. The van der Waals surface area contributed by atoms with Crippen LogP contribution in [0.1, 0.15) is 40.5 Å². The zero-order chi connectivity index (χ0) is 17.6. The van der Waals surface area contributed by atoms with Gasteiger partial charge in [-0.15, -0.1) is 0 Å². The maximum absolute atomic E-state index is 12.2. The van der Waals surface area contributed by atoms with Crippen LogP contribution < -0.4 is 0 Å². The first kappa shape index (κ1) is 17.0. The van der Waals surface area contributed by atoms with Gasteiger partial charge in [0.05, 0.1) is 5.92 Å². The molecule has 4 nitrogen and oxygen atoms in total. The van der Waals surface area contributed by atoms with E-state index in [9.17, 15) is 9.59 Å². The Balaban J connectivity index is 1.91. The fraction of sp³-hybridized carbons (Fsp3) is 0.600. The number of hydrogen-bond acceptors (Lipinski definition) is 4. The Morgan fingerprint density at radius 2 is 2.21 bits per heavy atom. The van der Waals surface area contributed by atoms with Gasteiger partial charge in [-0.25, -0.2) is 4.79 Å². The molecule has 3 aliphatic rings. The second kappa shape index (κ2) is 5.91. The van der Waals surface area contributed by atoms with Crippen LogP contribution >= 0.6 is 0 Å². The summed E-state index contributed by atoms with van der Waals surface area (Å²) in [5.74, 6) is -0.246. The number of fused-ring (bicyclic) bond motifs is 3. The zero-order valence-electron chi connectivity index (χ0n) is 14.9. The van der Waals surface area contributed by atoms with E-state index < -0.39 is 0 Å². The van der Waals surface area contributed by atoms with Gasteiger partial charge >= 0.3 is 11.9 Å². The first-order valence-corrected chi connectivity index (χ1v) is 8.71. The molecule has 1 aliphatic heterocycles. The molecule has 1 heterocycles. The maximum Gasteiger partial charge on any atom is 0.333 e. The maximum atomic E-state index is 12.2. The smallest absolute Gasteiger partial charge is 0.333 e. The van der Waals surface area contributed by atoms with Crippen molar-refractivity contribution >= 4 is 11.9 Å². The first-order valence-electron chi connectivity index (χ1n) is 8.71. The molecule has 0 aromatic rings. The minimum atomic E-state index is -0.328. The molecule has 0 amide bonds. The SMILES string of the molecule is C=C1C=C[C@@H](OC(=O)/C(C)=C\C)[C@]2(C)CC[C@@H]3[C@H](OC(=O)[C@H]3C)[C@@H]12. The third-order valence-corrected chi connectivity index (χ3v) is 6.27. The standard InChI is InChI=1S/C20H26O4/c1-6-11(2)18(21)23-15-8-7-12(3)16-17-14(9-10-20(15,16)5)13(4)19(22)24-17/h6-8,13-17H,3,9-10H2,1-2,4-5H3/b11-6-/t13-,14-,15+,16+,17-,20-/m0/s1. The highest BCUT2D eigenvalue weighted by atomic mass is 16.6. The molecule has 6 atom stereocenters. The number of carbonyl (C=O) groups excluding carboxylic acids is 2. The lowest BCUT2D eigenvalue weighted by molar-refractivity contribution is -0.160. The summed E-state index contributed by atoms with van der Waals surface area (Å²) in [6, 6.07) is 0. The molecule has 24 heavy (non-hydrogen) atoms. The van der Waals surface area contributed by atoms with Crippen molar-refractivity contribution < 1.29 is 19.1 Å². The Morgan fingerprint density at radius 3 is 2.88 bits per heavy atom. The molecule has 0 N–H and O–H groups in total. The fourth-order valence-corrected chi connectivity index (χ4v) is 4.51. The van der Waals surface area contributed by atoms with Crippen LogP contribution in [0.2, 0.25) is 0 Å². The third-order valence-electron chi connectivity index (χ3n) is 6.27. The molecule has 0 aromatic heterocycles. The molecule has 2 fully saturated rings. The van der Waals surface area contributed by atoms with Crippen LogP contribution in [0.3, 0.4) is 0 Å². The summed E-state index contributed by atoms with van der Waals surface area (Å²) in [7, 11) is 0. The van der Waals surface area contributed by atoms with E-state index in [1.165, 1.54) is 0 Å². The predicted octanol–water partition coefficient (Wildman–Crippen LogP) is 3.58. The van der Waals surface area contributed by atoms with E-state index in [0.717, 1.165) is 18.4 Å². The highest BCUT2D eigenvalue weighted by molar-refractivity contribution is 5.87. The minimum Gasteiger partial charge on any atom is -0.461 e. The lowest BCUT2D eigenvalue weighted by Crippen LogP contribution is -2.53. The number of rotatable bonds is 2. The molecule has 0 unspecified atom stereocenters. The monoisotopic (exact) mass is 330 g/mol. The molecule has 0 spiro atoms. The average molecular weight is 330 g/mol. The number of carbonyl (C=O) groups is 2. The van der Waals surface area contributed by atoms with E-state index in [1.807, 2.05) is 26.0 Å². The van der Waals surface area contributed by atoms with E-state index >= 15 is 0 Å². The van der Waals surface area contributed by atoms with E-state index in [2.05, 4.69) is 13.5 Å². The number of esters is 2. The van der Waals surface area contributed by atoms with Crippen LogP contribution in [0.15, 0.2) is 36.0 Å². The van der Waals surface area contributed by atoms with Crippen molar-refractivity contribution in [1.82, 2.24) is 0 Å². The van der Waals surface area contributed by atoms with Crippen LogP contribution in [0, 0.1) is 23.2 Å². The molecule has 0 bridgehead atoms. The molecular weight excluding hydrogens is 304 g/mol. The largest absolute Gasteiger partial charge is 0.461 e. The van der Waals surface area contributed by atoms with Gasteiger partial charge in [0, 0.05) is 22.8 Å². The highest BCUT2D eigenvalue weighted by Crippen LogP contribution is 2.56. The molecular formula is C20H26O4. The average Bonchev–Trinajstić information content (AvgIpc) is 2.83. The van der Waals surface area contributed by atoms with E-state index in [0.29, 0.717) is 5.57 Å². The summed E-state index contributed by atoms with van der Waals surface area (Å²) in [5, 5.41) is 0. The molecule has 0 aromatic carbocycles. The summed E-state index contributed by atoms with van der Waals surface area (Å²) < 4.78 is 11.5. The summed E-state index contributed by atoms with van der Waals surface area (Å²) in [6.07, 6.45) is 6.91. The number of allylic oxidation sites excluding steroid dienone is 2. The molecule has 1 saturated heterocycles. The van der Waals surface area contributed by atoms with E-state index in [1.54, 1.807) is 13.0 Å². The normalized spacial score (nSPS) is 41.5. The van der Waals surface area contributed by atoms with Crippen molar-refractivity contribution in [1.29, 1.82) is 0 Å². The Kier molecular flexibility index (Phi) is 4.18. The lowest BCUT2D eigenvalue weighted by Gasteiger charge is -2.51. The second-order valence-electron chi connectivity index (χ2n) is 7.61. The van der Waals surface area contributed by atoms with Gasteiger partial charge in [0.2, 0.25) is 0 Å². The fourth-order valence-electron chi connectivity index (χ4n) is 4.51. The van der Waals surface area contributed by atoms with Gasteiger partial charge in [0.1, 0.15) is 12.2 Å². The molecule has 1 saturated carbocycles. The van der Waals surface area contributed by atoms with Crippen molar-refractivity contribution in [3.05, 3.63) is 36.0 Å². The topological polar surface area (TPSA) is 52.6 Å². The van der Waals surface area contributed by atoms with Crippen LogP contribution in [-0.2, 0) is 19.1 Å². The number of hydrogen-bond donors (Lipinski definition) is 0. The van der Waals surface area contributed by atoms with Crippen LogP contribution in [0.5, 0.6) is 0 Å². The zero-order valence-corrected chi connectivity index (χ0v) is 14.9. The highest BCUT2D eigenvalue weighted by Gasteiger charge is 2.59. The van der Waals surface area contributed by atoms with Crippen molar-refractivity contribution in [2.24, 2.45) is 23.2 Å². The summed E-state index contributed by atoms with van der Waals surface area (Å²) >= 11 is 0. The van der Waals surface area contributed by atoms with Crippen LogP contribution in [0.25, 0.3) is 0 Å². The van der Waals surface area contributed by atoms with Crippen molar-refractivity contribution in [2.75, 3.05) is 0 Å². The summed E-state index contributed by atoms with van der Waals surface area (Å²) in [4.78, 5) is 24.3. The van der Waals surface area contributed by atoms with Crippen LogP contribution in [-0.4, -0.2) is 24.1 Å². The molecule has 4 heteroatoms. The van der Waals surface area contributed by atoms with Crippen LogP contribution in [0.4, 0.5) is 0 Å². The Bertz CT molecular complexity index is 644. The van der Waals surface area contributed by atoms with E-state index in [-0.39, 0.29) is 47.3 Å². The molecule has 0 radical (unpaired) electrons. The summed E-state index contributed by atoms with van der Waals surface area (Å²) in [6.45, 7) is 11.8. The minimum absolute atomic E-state index is 0.00105. The van der Waals surface area contributed by atoms with Gasteiger partial charge < -0.3 is 9.47 Å². The van der Waals surface area contributed by atoms with Crippen molar-refractivity contribution in [2.45, 2.75) is 52.7 Å². The van der Waals surface area contributed by atoms with Crippen molar-refractivity contribution in [3.63, 3.8) is 0 Å². The van der Waals surface area contributed by atoms with E-state index in [4.69, 9.17) is 9.47 Å². The number of ether oxygens (including phenoxy) is 2. The lowest BCUT2D eigenvalue weighted by atomic mass is 9.55. The predicted molar refractivity (Wildman–Crippen MR) is 91.0 cm³/mol.